The number of rotatable bonds is 9. The van der Waals surface area contributed by atoms with Crippen LogP contribution in [-0.4, -0.2) is 54.4 Å². The molecule has 0 heterocycles. The van der Waals surface area contributed by atoms with Gasteiger partial charge in [-0.1, -0.05) is 13.8 Å². The zero-order valence-corrected chi connectivity index (χ0v) is 17.4. The highest BCUT2D eigenvalue weighted by atomic mass is 16.6. The Morgan fingerprint density at radius 3 is 2.20 bits per heavy atom. The molecule has 0 aromatic rings. The molecule has 0 bridgehead atoms. The molecule has 1 atom stereocenters. The normalized spacial score (nSPS) is 22.7. The zero-order valence-electron chi connectivity index (χ0n) is 17.4. The van der Waals surface area contributed by atoms with Crippen LogP contribution < -0.4 is 10.6 Å². The summed E-state index contributed by atoms with van der Waals surface area (Å²) in [7, 11) is 0. The lowest BCUT2D eigenvalue weighted by Crippen LogP contribution is -2.45. The first-order chi connectivity index (χ1) is 11.7. The van der Waals surface area contributed by atoms with Gasteiger partial charge in [0, 0.05) is 18.1 Å². The summed E-state index contributed by atoms with van der Waals surface area (Å²) >= 11 is 0. The van der Waals surface area contributed by atoms with Crippen molar-refractivity contribution in [3.05, 3.63) is 0 Å². The molecular weight excluding hydrogens is 314 g/mol. The molecule has 1 aliphatic carbocycles. The molecule has 0 aromatic carbocycles. The Morgan fingerprint density at radius 2 is 1.68 bits per heavy atom. The van der Waals surface area contributed by atoms with Crippen LogP contribution in [0.5, 0.6) is 0 Å². The number of carbonyl (C=O) groups is 1. The van der Waals surface area contributed by atoms with E-state index in [0.29, 0.717) is 12.1 Å². The number of hydrogen-bond acceptors (Lipinski definition) is 4. The van der Waals surface area contributed by atoms with Crippen molar-refractivity contribution >= 4 is 6.09 Å². The van der Waals surface area contributed by atoms with Crippen LogP contribution in [-0.2, 0) is 4.74 Å². The van der Waals surface area contributed by atoms with E-state index in [1.165, 1.54) is 19.4 Å². The predicted molar refractivity (Wildman–Crippen MR) is 105 cm³/mol. The minimum Gasteiger partial charge on any atom is -0.444 e. The monoisotopic (exact) mass is 355 g/mol. The number of nitrogens with zero attached hydrogens (tertiary/aromatic N) is 1. The molecule has 0 radical (unpaired) electrons. The van der Waals surface area contributed by atoms with E-state index in [2.05, 4.69) is 36.3 Å². The van der Waals surface area contributed by atoms with Gasteiger partial charge in [0.05, 0.1) is 0 Å². The molecular formula is C20H41N3O2. The van der Waals surface area contributed by atoms with Crippen LogP contribution in [0.2, 0.25) is 0 Å². The number of alkyl carbamates (subject to hydrolysis) is 1. The van der Waals surface area contributed by atoms with Gasteiger partial charge in [-0.25, -0.2) is 4.79 Å². The largest absolute Gasteiger partial charge is 0.444 e. The SMILES string of the molecule is CCN(CC)CCCC(C)NC1CCC(NC(=O)OC(C)(C)C)CC1. The minimum atomic E-state index is -0.427. The number of ether oxygens (including phenoxy) is 1. The number of carbonyl (C=O) groups excluding carboxylic acids is 1. The van der Waals surface area contributed by atoms with E-state index in [4.69, 9.17) is 4.74 Å². The summed E-state index contributed by atoms with van der Waals surface area (Å²) in [6.45, 7) is 15.9. The highest BCUT2D eigenvalue weighted by Crippen LogP contribution is 2.20. The number of amides is 1. The topological polar surface area (TPSA) is 53.6 Å². The van der Waals surface area contributed by atoms with Crippen LogP contribution in [0, 0.1) is 0 Å². The summed E-state index contributed by atoms with van der Waals surface area (Å²) in [6.07, 6.45) is 6.51. The van der Waals surface area contributed by atoms with Gasteiger partial charge in [-0.05, 0) is 85.9 Å². The van der Waals surface area contributed by atoms with Gasteiger partial charge in [-0.15, -0.1) is 0 Å². The van der Waals surface area contributed by atoms with E-state index in [1.807, 2.05) is 20.8 Å². The van der Waals surface area contributed by atoms with E-state index in [0.717, 1.165) is 38.8 Å². The summed E-state index contributed by atoms with van der Waals surface area (Å²) in [5.41, 5.74) is -0.427. The number of hydrogen-bond donors (Lipinski definition) is 2. The average molecular weight is 356 g/mol. The summed E-state index contributed by atoms with van der Waals surface area (Å²) in [4.78, 5) is 14.3. The molecule has 2 N–H and O–H groups in total. The second-order valence-electron chi connectivity index (χ2n) is 8.43. The zero-order chi connectivity index (χ0) is 18.9. The molecule has 148 valence electrons. The lowest BCUT2D eigenvalue weighted by Gasteiger charge is -2.32. The average Bonchev–Trinajstić information content (AvgIpc) is 2.51. The maximum atomic E-state index is 11.9. The molecule has 0 aromatic heterocycles. The molecule has 1 unspecified atom stereocenters. The van der Waals surface area contributed by atoms with E-state index in [1.54, 1.807) is 0 Å². The lowest BCUT2D eigenvalue weighted by molar-refractivity contribution is 0.0489. The summed E-state index contributed by atoms with van der Waals surface area (Å²) in [5.74, 6) is 0. The standard InChI is InChI=1S/C20H41N3O2/c1-7-23(8-2)15-9-10-16(3)21-17-11-13-18(14-12-17)22-19(24)25-20(4,5)6/h16-18,21H,7-15H2,1-6H3,(H,22,24). The van der Waals surface area contributed by atoms with Crippen molar-refractivity contribution in [1.29, 1.82) is 0 Å². The summed E-state index contributed by atoms with van der Waals surface area (Å²) < 4.78 is 5.34. The Hall–Kier alpha value is -0.810. The van der Waals surface area contributed by atoms with Crippen molar-refractivity contribution in [2.75, 3.05) is 19.6 Å². The van der Waals surface area contributed by atoms with Gasteiger partial charge in [0.25, 0.3) is 0 Å². The fourth-order valence-corrected chi connectivity index (χ4v) is 3.53. The van der Waals surface area contributed by atoms with Crippen molar-refractivity contribution in [2.24, 2.45) is 0 Å². The van der Waals surface area contributed by atoms with Gasteiger partial charge in [-0.3, -0.25) is 0 Å². The maximum absolute atomic E-state index is 11.9. The molecule has 25 heavy (non-hydrogen) atoms. The van der Waals surface area contributed by atoms with Crippen LogP contribution in [0.25, 0.3) is 0 Å². The lowest BCUT2D eigenvalue weighted by atomic mass is 9.90. The van der Waals surface area contributed by atoms with E-state index >= 15 is 0 Å². The van der Waals surface area contributed by atoms with E-state index in [9.17, 15) is 4.79 Å². The van der Waals surface area contributed by atoms with Crippen molar-refractivity contribution in [3.8, 4) is 0 Å². The van der Waals surface area contributed by atoms with Gasteiger partial charge >= 0.3 is 6.09 Å². The van der Waals surface area contributed by atoms with Crippen LogP contribution in [0.1, 0.15) is 80.1 Å². The first kappa shape index (κ1) is 22.2. The molecule has 0 aliphatic heterocycles. The van der Waals surface area contributed by atoms with Gasteiger partial charge < -0.3 is 20.3 Å². The molecule has 1 fully saturated rings. The van der Waals surface area contributed by atoms with E-state index < -0.39 is 5.60 Å². The summed E-state index contributed by atoms with van der Waals surface area (Å²) in [5, 5.41) is 6.79. The van der Waals surface area contributed by atoms with Gasteiger partial charge in [0.15, 0.2) is 0 Å². The Labute approximate surface area is 155 Å². The van der Waals surface area contributed by atoms with Gasteiger partial charge in [-0.2, -0.15) is 0 Å². The smallest absolute Gasteiger partial charge is 0.407 e. The van der Waals surface area contributed by atoms with Crippen LogP contribution in [0.3, 0.4) is 0 Å². The molecule has 5 nitrogen and oxygen atoms in total. The fourth-order valence-electron chi connectivity index (χ4n) is 3.53. The molecule has 0 spiro atoms. The van der Waals surface area contributed by atoms with Gasteiger partial charge in [0.2, 0.25) is 0 Å². The Bertz CT molecular complexity index is 370. The fraction of sp³-hybridized carbons (Fsp3) is 0.950. The van der Waals surface area contributed by atoms with E-state index in [-0.39, 0.29) is 12.1 Å². The van der Waals surface area contributed by atoms with Crippen LogP contribution in [0.4, 0.5) is 4.79 Å². The highest BCUT2D eigenvalue weighted by molar-refractivity contribution is 5.68. The Balaban J connectivity index is 2.18. The molecule has 1 amide bonds. The quantitative estimate of drug-likeness (QED) is 0.658. The van der Waals surface area contributed by atoms with Crippen molar-refractivity contribution in [1.82, 2.24) is 15.5 Å². The Morgan fingerprint density at radius 1 is 1.12 bits per heavy atom. The van der Waals surface area contributed by atoms with Crippen molar-refractivity contribution < 1.29 is 9.53 Å². The van der Waals surface area contributed by atoms with Crippen LogP contribution in [0.15, 0.2) is 0 Å². The first-order valence-electron chi connectivity index (χ1n) is 10.2. The minimum absolute atomic E-state index is 0.255. The molecule has 5 heteroatoms. The molecule has 0 saturated heterocycles. The molecule has 1 rings (SSSR count). The second-order valence-corrected chi connectivity index (χ2v) is 8.43. The van der Waals surface area contributed by atoms with Gasteiger partial charge in [0.1, 0.15) is 5.60 Å². The third-order valence-electron chi connectivity index (χ3n) is 4.97. The number of nitrogens with one attached hydrogen (secondary N) is 2. The molecule has 1 saturated carbocycles. The predicted octanol–water partition coefficient (Wildman–Crippen LogP) is 3.92. The summed E-state index contributed by atoms with van der Waals surface area (Å²) in [6, 6.07) is 1.40. The van der Waals surface area contributed by atoms with Crippen molar-refractivity contribution in [2.45, 2.75) is 104 Å². The Kier molecular flexibility index (Phi) is 9.80. The molecule has 1 aliphatic rings. The first-order valence-corrected chi connectivity index (χ1v) is 10.2. The highest BCUT2D eigenvalue weighted by Gasteiger charge is 2.25. The maximum Gasteiger partial charge on any atom is 0.407 e. The third-order valence-corrected chi connectivity index (χ3v) is 4.97. The van der Waals surface area contributed by atoms with Crippen LogP contribution >= 0.6 is 0 Å². The van der Waals surface area contributed by atoms with Crippen molar-refractivity contribution in [3.63, 3.8) is 0 Å². The second kappa shape index (κ2) is 11.0. The third kappa shape index (κ3) is 10.0.